The number of esters is 4. The van der Waals surface area contributed by atoms with Crippen LogP contribution in [0, 0.1) is 17.8 Å². The third-order valence-corrected chi connectivity index (χ3v) is 19.5. The van der Waals surface area contributed by atoms with E-state index >= 15 is 0 Å². The van der Waals surface area contributed by atoms with Crippen LogP contribution < -0.4 is 0 Å². The third-order valence-electron chi connectivity index (χ3n) is 17.6. The molecule has 0 heterocycles. The van der Waals surface area contributed by atoms with Crippen LogP contribution in [0.15, 0.2) is 0 Å². The summed E-state index contributed by atoms with van der Waals surface area (Å²) in [7, 11) is -9.91. The Kier molecular flexibility index (Phi) is 65.2. The Hall–Kier alpha value is -1.94. The number of phosphoric acid groups is 2. The molecular weight excluding hydrogens is 1250 g/mol. The first-order valence-electron chi connectivity index (χ1n) is 39.3. The lowest BCUT2D eigenvalue weighted by atomic mass is 10.0. The number of aliphatic hydroxyl groups is 1. The highest BCUT2D eigenvalue weighted by molar-refractivity contribution is 7.47. The minimum absolute atomic E-state index is 0.105. The van der Waals surface area contributed by atoms with Crippen LogP contribution in [0.5, 0.6) is 0 Å². The maximum Gasteiger partial charge on any atom is 0.472 e. The predicted molar refractivity (Wildman–Crippen MR) is 386 cm³/mol. The van der Waals surface area contributed by atoms with Crippen LogP contribution >= 0.6 is 15.6 Å². The molecule has 3 N–H and O–H groups in total. The van der Waals surface area contributed by atoms with E-state index in [2.05, 4.69) is 48.5 Å². The molecule has 0 aliphatic carbocycles. The van der Waals surface area contributed by atoms with Crippen LogP contribution in [0.25, 0.3) is 0 Å². The Labute approximate surface area is 581 Å². The van der Waals surface area contributed by atoms with E-state index in [-0.39, 0.29) is 25.7 Å². The molecule has 564 valence electrons. The molecular formula is C76H148O17P2. The smallest absolute Gasteiger partial charge is 0.462 e. The molecule has 0 aromatic rings. The average molecular weight is 1400 g/mol. The van der Waals surface area contributed by atoms with Crippen LogP contribution in [0.1, 0.15) is 389 Å². The number of carbonyl (C=O) groups excluding carboxylic acids is 4. The number of hydrogen-bond acceptors (Lipinski definition) is 15. The van der Waals surface area contributed by atoms with Gasteiger partial charge in [-0.25, -0.2) is 9.13 Å². The second-order valence-corrected chi connectivity index (χ2v) is 31.7. The van der Waals surface area contributed by atoms with Gasteiger partial charge in [0.1, 0.15) is 19.3 Å². The van der Waals surface area contributed by atoms with Crippen LogP contribution in [0.2, 0.25) is 0 Å². The van der Waals surface area contributed by atoms with Gasteiger partial charge in [0.2, 0.25) is 0 Å². The van der Waals surface area contributed by atoms with Crippen LogP contribution in [0.3, 0.4) is 0 Å². The number of carbonyl (C=O) groups is 4. The zero-order valence-corrected chi connectivity index (χ0v) is 63.9. The van der Waals surface area contributed by atoms with Gasteiger partial charge in [0.15, 0.2) is 12.2 Å². The van der Waals surface area contributed by atoms with Gasteiger partial charge in [0.05, 0.1) is 26.4 Å². The highest BCUT2D eigenvalue weighted by Crippen LogP contribution is 2.45. The summed E-state index contributed by atoms with van der Waals surface area (Å²) in [5.74, 6) is 0.126. The molecule has 0 spiro atoms. The minimum atomic E-state index is -4.96. The molecule has 0 amide bonds. The lowest BCUT2D eigenvalue weighted by molar-refractivity contribution is -0.161. The molecule has 0 fully saturated rings. The number of aliphatic hydroxyl groups excluding tert-OH is 1. The first-order chi connectivity index (χ1) is 45.7. The molecule has 0 saturated heterocycles. The summed E-state index contributed by atoms with van der Waals surface area (Å²) in [6, 6.07) is 0. The summed E-state index contributed by atoms with van der Waals surface area (Å²) in [5, 5.41) is 10.6. The number of phosphoric ester groups is 2. The second-order valence-electron chi connectivity index (χ2n) is 28.8. The maximum absolute atomic E-state index is 13.1. The van der Waals surface area contributed by atoms with Gasteiger partial charge in [-0.15, -0.1) is 0 Å². The number of ether oxygens (including phenoxy) is 4. The Morgan fingerprint density at radius 3 is 0.716 bits per heavy atom. The quantitative estimate of drug-likeness (QED) is 0.0222. The Morgan fingerprint density at radius 1 is 0.284 bits per heavy atom. The van der Waals surface area contributed by atoms with E-state index in [9.17, 15) is 43.2 Å². The summed E-state index contributed by atoms with van der Waals surface area (Å²) in [6.07, 6.45) is 52.8. The van der Waals surface area contributed by atoms with Crippen molar-refractivity contribution in [2.75, 3.05) is 39.6 Å². The number of hydrogen-bond donors (Lipinski definition) is 3. The lowest BCUT2D eigenvalue weighted by Crippen LogP contribution is -2.30. The van der Waals surface area contributed by atoms with E-state index in [0.29, 0.717) is 31.6 Å². The first-order valence-corrected chi connectivity index (χ1v) is 42.3. The summed E-state index contributed by atoms with van der Waals surface area (Å²) in [5.41, 5.74) is 0. The van der Waals surface area contributed by atoms with Gasteiger partial charge in [0, 0.05) is 25.7 Å². The maximum atomic E-state index is 13.1. The highest BCUT2D eigenvalue weighted by Gasteiger charge is 2.30. The zero-order chi connectivity index (χ0) is 70.1. The molecule has 0 saturated carbocycles. The SMILES string of the molecule is CCCCCCCCCCCCCCCCCCC(=O)OC[C@H](COP(=O)(O)OC[C@@H](O)COP(=O)(O)OC[C@@H](COC(=O)CCCCCCCCCC(C)C)OC(=O)CCCCCCCCCCCCC(C)C)OC(=O)CCCCCCCCCCCCCCCC(C)C. The van der Waals surface area contributed by atoms with E-state index in [1.807, 2.05) is 0 Å². The molecule has 95 heavy (non-hydrogen) atoms. The molecule has 0 aromatic heterocycles. The molecule has 2 unspecified atom stereocenters. The summed E-state index contributed by atoms with van der Waals surface area (Å²) in [6.45, 7) is 11.9. The summed E-state index contributed by atoms with van der Waals surface area (Å²) in [4.78, 5) is 72.8. The van der Waals surface area contributed by atoms with E-state index < -0.39 is 97.5 Å². The molecule has 0 bridgehead atoms. The van der Waals surface area contributed by atoms with Crippen molar-refractivity contribution in [3.8, 4) is 0 Å². The van der Waals surface area contributed by atoms with Crippen molar-refractivity contribution in [2.24, 2.45) is 17.8 Å². The van der Waals surface area contributed by atoms with E-state index in [4.69, 9.17) is 37.0 Å². The van der Waals surface area contributed by atoms with Crippen molar-refractivity contribution >= 4 is 39.5 Å². The molecule has 5 atom stereocenters. The van der Waals surface area contributed by atoms with Gasteiger partial charge >= 0.3 is 39.5 Å². The van der Waals surface area contributed by atoms with Gasteiger partial charge in [-0.2, -0.15) is 0 Å². The summed E-state index contributed by atoms with van der Waals surface area (Å²) < 4.78 is 68.5. The zero-order valence-electron chi connectivity index (χ0n) is 62.1. The monoisotopic (exact) mass is 1400 g/mol. The van der Waals surface area contributed by atoms with E-state index in [0.717, 1.165) is 108 Å². The largest absolute Gasteiger partial charge is 0.472 e. The fraction of sp³-hybridized carbons (Fsp3) is 0.947. The van der Waals surface area contributed by atoms with Crippen LogP contribution in [-0.4, -0.2) is 96.7 Å². The van der Waals surface area contributed by atoms with Gasteiger partial charge in [0.25, 0.3) is 0 Å². The molecule has 0 aliphatic rings. The van der Waals surface area contributed by atoms with Crippen molar-refractivity contribution in [1.29, 1.82) is 0 Å². The van der Waals surface area contributed by atoms with Crippen molar-refractivity contribution in [1.82, 2.24) is 0 Å². The van der Waals surface area contributed by atoms with Gasteiger partial charge in [-0.1, -0.05) is 337 Å². The lowest BCUT2D eigenvalue weighted by Gasteiger charge is -2.21. The Bertz CT molecular complexity index is 1850. The predicted octanol–water partition coefficient (Wildman–Crippen LogP) is 22.2. The number of unbranched alkanes of at least 4 members (excludes halogenated alkanes) is 42. The molecule has 0 rings (SSSR count). The molecule has 17 nitrogen and oxygen atoms in total. The first kappa shape index (κ1) is 93.1. The standard InChI is InChI=1S/C76H148O17P2/c1-8-9-10-11-12-13-14-15-16-17-20-23-29-36-43-50-57-73(78)86-63-71(92-75(80)59-52-45-37-30-24-21-18-19-22-27-33-40-47-54-67(2)3)65-90-94(82,83)88-61-70(77)62-89-95(84,85)91-66-72(64-87-74(79)58-51-44-39-32-35-42-49-56-69(6)7)93-76(81)60-53-46-38-31-26-25-28-34-41-48-55-68(4)5/h67-72,77H,8-66H2,1-7H3,(H,82,83)(H,84,85)/t70-,71-,72-/m1/s1. The van der Waals surface area contributed by atoms with Crippen molar-refractivity contribution in [2.45, 2.75) is 407 Å². The topological polar surface area (TPSA) is 237 Å². The van der Waals surface area contributed by atoms with Crippen LogP contribution in [-0.2, 0) is 65.4 Å². The van der Waals surface area contributed by atoms with Crippen molar-refractivity contribution in [3.05, 3.63) is 0 Å². The van der Waals surface area contributed by atoms with E-state index in [1.54, 1.807) is 0 Å². The molecule has 0 radical (unpaired) electrons. The fourth-order valence-electron chi connectivity index (χ4n) is 11.6. The average Bonchev–Trinajstić information content (AvgIpc) is 1.90. The molecule has 0 aromatic carbocycles. The van der Waals surface area contributed by atoms with E-state index in [1.165, 1.54) is 193 Å². The third kappa shape index (κ3) is 70.3. The molecule has 0 aliphatic heterocycles. The normalized spacial score (nSPS) is 14.1. The van der Waals surface area contributed by atoms with Gasteiger partial charge in [-0.05, 0) is 43.4 Å². The fourth-order valence-corrected chi connectivity index (χ4v) is 13.2. The van der Waals surface area contributed by atoms with Crippen molar-refractivity contribution < 1.29 is 80.2 Å². The molecule has 19 heteroatoms. The second kappa shape index (κ2) is 66.6. The Balaban J connectivity index is 5.25. The highest BCUT2D eigenvalue weighted by atomic mass is 31.2. The summed E-state index contributed by atoms with van der Waals surface area (Å²) >= 11 is 0. The Morgan fingerprint density at radius 2 is 0.484 bits per heavy atom. The van der Waals surface area contributed by atoms with Gasteiger partial charge in [-0.3, -0.25) is 37.3 Å². The number of rotatable bonds is 74. The minimum Gasteiger partial charge on any atom is -0.462 e. The van der Waals surface area contributed by atoms with Gasteiger partial charge < -0.3 is 33.8 Å². The van der Waals surface area contributed by atoms with Crippen molar-refractivity contribution in [3.63, 3.8) is 0 Å². The van der Waals surface area contributed by atoms with Crippen LogP contribution in [0.4, 0.5) is 0 Å².